The van der Waals surface area contributed by atoms with Crippen LogP contribution in [0.15, 0.2) is 18.2 Å². The molecule has 106 valence electrons. The summed E-state index contributed by atoms with van der Waals surface area (Å²) in [5.41, 5.74) is 1.04. The van der Waals surface area contributed by atoms with Gasteiger partial charge in [0.05, 0.1) is 12.0 Å². The Morgan fingerprint density at radius 3 is 2.90 bits per heavy atom. The Kier molecular flexibility index (Phi) is 3.33. The molecule has 0 spiro atoms. The fourth-order valence-corrected chi connectivity index (χ4v) is 3.23. The Morgan fingerprint density at radius 1 is 1.30 bits per heavy atom. The Labute approximate surface area is 120 Å². The molecule has 1 aliphatic heterocycles. The van der Waals surface area contributed by atoms with Crippen molar-refractivity contribution in [1.29, 1.82) is 5.26 Å². The molecule has 2 aliphatic rings. The number of nitrogens with zero attached hydrogens (tertiary/aromatic N) is 1. The van der Waals surface area contributed by atoms with Gasteiger partial charge in [-0.05, 0) is 39.2 Å². The van der Waals surface area contributed by atoms with Crippen LogP contribution < -0.4 is 9.47 Å². The summed E-state index contributed by atoms with van der Waals surface area (Å²) in [6.45, 7) is 4.19. The minimum Gasteiger partial charge on any atom is -0.485 e. The van der Waals surface area contributed by atoms with Gasteiger partial charge in [-0.15, -0.1) is 0 Å². The summed E-state index contributed by atoms with van der Waals surface area (Å²) in [6.07, 6.45) is 5.10. The number of nitriles is 1. The van der Waals surface area contributed by atoms with Gasteiger partial charge in [0.25, 0.3) is 0 Å². The number of benzene rings is 1. The zero-order chi connectivity index (χ0) is 14.2. The second-order valence-corrected chi connectivity index (χ2v) is 6.46. The van der Waals surface area contributed by atoms with Gasteiger partial charge in [-0.25, -0.2) is 0 Å². The third kappa shape index (κ3) is 2.47. The lowest BCUT2D eigenvalue weighted by atomic mass is 9.87. The van der Waals surface area contributed by atoms with Crippen molar-refractivity contribution in [2.45, 2.75) is 57.7 Å². The minimum atomic E-state index is -0.164. The fourth-order valence-electron chi connectivity index (χ4n) is 3.23. The lowest BCUT2D eigenvalue weighted by Gasteiger charge is -2.28. The van der Waals surface area contributed by atoms with Crippen LogP contribution >= 0.6 is 0 Å². The van der Waals surface area contributed by atoms with Crippen molar-refractivity contribution in [3.05, 3.63) is 23.8 Å². The summed E-state index contributed by atoms with van der Waals surface area (Å²) >= 11 is 0. The van der Waals surface area contributed by atoms with Gasteiger partial charge in [0.2, 0.25) is 0 Å². The third-order valence-electron chi connectivity index (χ3n) is 4.20. The number of hydrogen-bond acceptors (Lipinski definition) is 3. The molecule has 20 heavy (non-hydrogen) atoms. The molecule has 1 aromatic carbocycles. The molecule has 1 heterocycles. The van der Waals surface area contributed by atoms with E-state index in [4.69, 9.17) is 9.47 Å². The van der Waals surface area contributed by atoms with E-state index in [0.29, 0.717) is 0 Å². The van der Waals surface area contributed by atoms with Crippen molar-refractivity contribution in [3.8, 4) is 17.6 Å². The van der Waals surface area contributed by atoms with E-state index in [-0.39, 0.29) is 17.6 Å². The van der Waals surface area contributed by atoms with Crippen LogP contribution in [0.25, 0.3) is 0 Å². The number of para-hydroxylation sites is 1. The van der Waals surface area contributed by atoms with E-state index in [9.17, 15) is 5.26 Å². The lowest BCUT2D eigenvalue weighted by Crippen LogP contribution is -2.29. The smallest absolute Gasteiger partial charge is 0.165 e. The molecular formula is C17H21NO2. The van der Waals surface area contributed by atoms with Crippen LogP contribution in [0, 0.1) is 17.2 Å². The number of fused-ring (bicyclic) bond motifs is 1. The van der Waals surface area contributed by atoms with Crippen molar-refractivity contribution in [1.82, 2.24) is 0 Å². The maximum atomic E-state index is 9.25. The van der Waals surface area contributed by atoms with Crippen molar-refractivity contribution < 1.29 is 9.47 Å². The van der Waals surface area contributed by atoms with Crippen LogP contribution in [-0.4, -0.2) is 11.7 Å². The fraction of sp³-hybridized carbons (Fsp3) is 0.588. The van der Waals surface area contributed by atoms with Crippen molar-refractivity contribution in [3.63, 3.8) is 0 Å². The molecule has 0 aromatic heterocycles. The SMILES string of the molecule is CC1(C)Cc2cccc(OC3CCCCC3C#N)c2O1. The van der Waals surface area contributed by atoms with Gasteiger partial charge >= 0.3 is 0 Å². The highest BCUT2D eigenvalue weighted by Crippen LogP contribution is 2.43. The zero-order valence-corrected chi connectivity index (χ0v) is 12.2. The van der Waals surface area contributed by atoms with Gasteiger partial charge in [-0.1, -0.05) is 18.6 Å². The van der Waals surface area contributed by atoms with E-state index in [1.165, 1.54) is 5.56 Å². The van der Waals surface area contributed by atoms with Crippen LogP contribution in [0.5, 0.6) is 11.5 Å². The molecule has 2 atom stereocenters. The van der Waals surface area contributed by atoms with Gasteiger partial charge in [0, 0.05) is 12.0 Å². The van der Waals surface area contributed by atoms with Gasteiger partial charge in [-0.2, -0.15) is 5.26 Å². The first-order valence-corrected chi connectivity index (χ1v) is 7.46. The summed E-state index contributed by atoms with van der Waals surface area (Å²) in [7, 11) is 0. The Bertz CT molecular complexity index is 544. The Balaban J connectivity index is 1.83. The largest absolute Gasteiger partial charge is 0.485 e. The first-order valence-electron chi connectivity index (χ1n) is 7.46. The van der Waals surface area contributed by atoms with Crippen LogP contribution in [0.1, 0.15) is 45.1 Å². The molecule has 3 rings (SSSR count). The van der Waals surface area contributed by atoms with Gasteiger partial charge in [0.1, 0.15) is 11.7 Å². The zero-order valence-electron chi connectivity index (χ0n) is 12.2. The molecule has 0 bridgehead atoms. The quantitative estimate of drug-likeness (QED) is 0.820. The van der Waals surface area contributed by atoms with Crippen LogP contribution in [0.2, 0.25) is 0 Å². The molecule has 0 N–H and O–H groups in total. The normalized spacial score (nSPS) is 27.2. The van der Waals surface area contributed by atoms with Crippen LogP contribution in [0.3, 0.4) is 0 Å². The second-order valence-electron chi connectivity index (χ2n) is 6.46. The molecule has 0 radical (unpaired) electrons. The van der Waals surface area contributed by atoms with E-state index in [1.54, 1.807) is 0 Å². The van der Waals surface area contributed by atoms with E-state index in [0.717, 1.165) is 43.6 Å². The molecular weight excluding hydrogens is 250 g/mol. The molecule has 0 saturated heterocycles. The average Bonchev–Trinajstić information content (AvgIpc) is 2.74. The van der Waals surface area contributed by atoms with E-state index < -0.39 is 0 Å². The Hall–Kier alpha value is -1.69. The summed E-state index contributed by atoms with van der Waals surface area (Å²) < 4.78 is 12.2. The van der Waals surface area contributed by atoms with E-state index >= 15 is 0 Å². The molecule has 1 fully saturated rings. The van der Waals surface area contributed by atoms with Gasteiger partial charge < -0.3 is 9.47 Å². The highest BCUT2D eigenvalue weighted by Gasteiger charge is 2.34. The lowest BCUT2D eigenvalue weighted by molar-refractivity contribution is 0.0995. The summed E-state index contributed by atoms with van der Waals surface area (Å²) in [5.74, 6) is 1.69. The number of ether oxygens (including phenoxy) is 2. The molecule has 3 heteroatoms. The van der Waals surface area contributed by atoms with Crippen molar-refractivity contribution >= 4 is 0 Å². The van der Waals surface area contributed by atoms with Crippen LogP contribution in [-0.2, 0) is 6.42 Å². The summed E-state index contributed by atoms with van der Waals surface area (Å²) in [4.78, 5) is 0. The Morgan fingerprint density at radius 2 is 2.10 bits per heavy atom. The minimum absolute atomic E-state index is 0.00700. The van der Waals surface area contributed by atoms with Crippen molar-refractivity contribution in [2.75, 3.05) is 0 Å². The monoisotopic (exact) mass is 271 g/mol. The third-order valence-corrected chi connectivity index (χ3v) is 4.20. The van der Waals surface area contributed by atoms with Gasteiger partial charge in [0.15, 0.2) is 11.5 Å². The standard InChI is InChI=1S/C17H21NO2/c1-17(2)10-12-7-5-9-15(16(12)20-17)19-14-8-4-3-6-13(14)11-18/h5,7,9,13-14H,3-4,6,8,10H2,1-2H3. The first-order chi connectivity index (χ1) is 9.59. The highest BCUT2D eigenvalue weighted by molar-refractivity contribution is 5.50. The predicted octanol–water partition coefficient (Wildman–Crippen LogP) is 3.86. The second kappa shape index (κ2) is 5.01. The molecule has 2 unspecified atom stereocenters. The van der Waals surface area contributed by atoms with E-state index in [2.05, 4.69) is 26.0 Å². The maximum Gasteiger partial charge on any atom is 0.165 e. The molecule has 3 nitrogen and oxygen atoms in total. The highest BCUT2D eigenvalue weighted by atomic mass is 16.5. The summed E-state index contributed by atoms with van der Waals surface area (Å²) in [5, 5.41) is 9.25. The summed E-state index contributed by atoms with van der Waals surface area (Å²) in [6, 6.07) is 8.47. The molecule has 1 aromatic rings. The van der Waals surface area contributed by atoms with Crippen molar-refractivity contribution in [2.24, 2.45) is 5.92 Å². The molecule has 1 saturated carbocycles. The number of hydrogen-bond donors (Lipinski definition) is 0. The molecule has 1 aliphatic carbocycles. The number of rotatable bonds is 2. The molecule has 0 amide bonds. The average molecular weight is 271 g/mol. The predicted molar refractivity (Wildman–Crippen MR) is 76.8 cm³/mol. The van der Waals surface area contributed by atoms with Gasteiger partial charge in [-0.3, -0.25) is 0 Å². The topological polar surface area (TPSA) is 42.2 Å². The van der Waals surface area contributed by atoms with E-state index in [1.807, 2.05) is 12.1 Å². The first kappa shape index (κ1) is 13.3. The maximum absolute atomic E-state index is 9.25. The van der Waals surface area contributed by atoms with Crippen LogP contribution in [0.4, 0.5) is 0 Å².